The van der Waals surface area contributed by atoms with Gasteiger partial charge in [-0.25, -0.2) is 0 Å². The first kappa shape index (κ1) is 13.3. The smallest absolute Gasteiger partial charge is 0.0716 e. The van der Waals surface area contributed by atoms with Crippen LogP contribution in [-0.2, 0) is 11.3 Å². The van der Waals surface area contributed by atoms with Gasteiger partial charge in [0.05, 0.1) is 13.2 Å². The summed E-state index contributed by atoms with van der Waals surface area (Å²) in [6.45, 7) is 1.75. The van der Waals surface area contributed by atoms with Gasteiger partial charge in [-0.05, 0) is 42.7 Å². The lowest BCUT2D eigenvalue weighted by molar-refractivity contribution is 0.105. The van der Waals surface area contributed by atoms with Gasteiger partial charge in [-0.2, -0.15) is 0 Å². The van der Waals surface area contributed by atoms with Crippen molar-refractivity contribution >= 4 is 0 Å². The highest BCUT2D eigenvalue weighted by molar-refractivity contribution is 5.13. The van der Waals surface area contributed by atoms with Crippen molar-refractivity contribution in [2.24, 2.45) is 5.92 Å². The van der Waals surface area contributed by atoms with Crippen LogP contribution in [0.15, 0.2) is 42.0 Å². The summed E-state index contributed by atoms with van der Waals surface area (Å²) in [7, 11) is 0. The third kappa shape index (κ3) is 4.28. The Morgan fingerprint density at radius 3 is 2.83 bits per heavy atom. The molecular formula is C16H22O2. The van der Waals surface area contributed by atoms with Crippen molar-refractivity contribution in [2.75, 3.05) is 13.2 Å². The number of benzene rings is 1. The summed E-state index contributed by atoms with van der Waals surface area (Å²) in [5.74, 6) is 0.688. The second-order valence-corrected chi connectivity index (χ2v) is 4.99. The maximum Gasteiger partial charge on any atom is 0.0716 e. The fraction of sp³-hybridized carbons (Fsp3) is 0.500. The molecule has 0 saturated heterocycles. The Labute approximate surface area is 109 Å². The fourth-order valence-electron chi connectivity index (χ4n) is 2.47. The van der Waals surface area contributed by atoms with Crippen LogP contribution in [0.5, 0.6) is 0 Å². The van der Waals surface area contributed by atoms with Crippen LogP contribution in [0.3, 0.4) is 0 Å². The first-order chi connectivity index (χ1) is 8.88. The molecule has 0 aromatic heterocycles. The van der Waals surface area contributed by atoms with E-state index < -0.39 is 0 Å². The minimum Gasteiger partial charge on any atom is -0.392 e. The molecule has 0 radical (unpaired) electrons. The lowest BCUT2D eigenvalue weighted by Gasteiger charge is -2.21. The van der Waals surface area contributed by atoms with Crippen LogP contribution in [0.4, 0.5) is 0 Å². The Morgan fingerprint density at radius 1 is 1.22 bits per heavy atom. The minimum atomic E-state index is 0.224. The molecule has 2 rings (SSSR count). The van der Waals surface area contributed by atoms with Crippen LogP contribution in [-0.4, -0.2) is 18.3 Å². The summed E-state index contributed by atoms with van der Waals surface area (Å²) < 4.78 is 5.71. The summed E-state index contributed by atoms with van der Waals surface area (Å²) in [5, 5.41) is 9.13. The van der Waals surface area contributed by atoms with E-state index >= 15 is 0 Å². The van der Waals surface area contributed by atoms with E-state index in [9.17, 15) is 0 Å². The Balaban J connectivity index is 1.63. The summed E-state index contributed by atoms with van der Waals surface area (Å²) in [6, 6.07) is 10.3. The van der Waals surface area contributed by atoms with Crippen molar-refractivity contribution in [1.29, 1.82) is 0 Å². The topological polar surface area (TPSA) is 29.5 Å². The molecule has 0 aliphatic heterocycles. The van der Waals surface area contributed by atoms with Crippen LogP contribution in [0.25, 0.3) is 0 Å². The van der Waals surface area contributed by atoms with E-state index in [1.807, 2.05) is 18.2 Å². The zero-order chi connectivity index (χ0) is 12.6. The van der Waals surface area contributed by atoms with Crippen LogP contribution in [0, 0.1) is 5.92 Å². The lowest BCUT2D eigenvalue weighted by Crippen LogP contribution is -2.11. The summed E-state index contributed by atoms with van der Waals surface area (Å²) in [5.41, 5.74) is 2.44. The maximum absolute atomic E-state index is 9.13. The number of hydrogen-bond donors (Lipinski definition) is 1. The highest BCUT2D eigenvalue weighted by Gasteiger charge is 2.14. The molecular weight excluding hydrogens is 224 g/mol. The first-order valence-corrected chi connectivity index (χ1v) is 6.79. The highest BCUT2D eigenvalue weighted by Crippen LogP contribution is 2.26. The average Bonchev–Trinajstić information content (AvgIpc) is 2.45. The van der Waals surface area contributed by atoms with Gasteiger partial charge in [-0.1, -0.05) is 36.4 Å². The molecule has 1 atom stereocenters. The van der Waals surface area contributed by atoms with Crippen molar-refractivity contribution in [1.82, 2.24) is 0 Å². The van der Waals surface area contributed by atoms with Crippen molar-refractivity contribution in [2.45, 2.75) is 32.3 Å². The second-order valence-electron chi connectivity index (χ2n) is 4.99. The molecule has 1 unspecified atom stereocenters. The van der Waals surface area contributed by atoms with Crippen LogP contribution in [0.2, 0.25) is 0 Å². The van der Waals surface area contributed by atoms with Gasteiger partial charge in [-0.3, -0.25) is 0 Å². The standard InChI is InChI=1S/C16H22O2/c17-12-16-8-4-7-14(11-16)9-10-18-13-15-5-2-1-3-6-15/h1-3,5-6,8,14,17H,4,7,9-13H2. The molecule has 18 heavy (non-hydrogen) atoms. The molecule has 1 aliphatic rings. The molecule has 2 nitrogen and oxygen atoms in total. The zero-order valence-corrected chi connectivity index (χ0v) is 10.8. The number of aliphatic hydroxyl groups excluding tert-OH is 1. The van der Waals surface area contributed by atoms with E-state index in [4.69, 9.17) is 9.84 Å². The van der Waals surface area contributed by atoms with Crippen molar-refractivity contribution in [3.05, 3.63) is 47.5 Å². The SMILES string of the molecule is OCC1=CCCC(CCOCc2ccccc2)C1. The fourth-order valence-corrected chi connectivity index (χ4v) is 2.47. The number of ether oxygens (including phenoxy) is 1. The van der Waals surface area contributed by atoms with Gasteiger partial charge < -0.3 is 9.84 Å². The van der Waals surface area contributed by atoms with Crippen molar-refractivity contribution in [3.63, 3.8) is 0 Å². The Bertz CT molecular complexity index is 370. The lowest BCUT2D eigenvalue weighted by atomic mass is 9.87. The van der Waals surface area contributed by atoms with E-state index in [0.717, 1.165) is 25.9 Å². The summed E-state index contributed by atoms with van der Waals surface area (Å²) >= 11 is 0. The van der Waals surface area contributed by atoms with Crippen LogP contribution < -0.4 is 0 Å². The molecule has 0 spiro atoms. The molecule has 1 N–H and O–H groups in total. The quantitative estimate of drug-likeness (QED) is 0.616. The van der Waals surface area contributed by atoms with E-state index in [2.05, 4.69) is 18.2 Å². The molecule has 1 aromatic carbocycles. The number of rotatable bonds is 6. The van der Waals surface area contributed by atoms with E-state index in [1.54, 1.807) is 0 Å². The van der Waals surface area contributed by atoms with Gasteiger partial charge in [-0.15, -0.1) is 0 Å². The molecule has 0 fully saturated rings. The van der Waals surface area contributed by atoms with Crippen molar-refractivity contribution in [3.8, 4) is 0 Å². The third-order valence-corrected chi connectivity index (χ3v) is 3.54. The van der Waals surface area contributed by atoms with Crippen LogP contribution in [0.1, 0.15) is 31.2 Å². The molecule has 2 heteroatoms. The van der Waals surface area contributed by atoms with Gasteiger partial charge in [0.2, 0.25) is 0 Å². The number of aliphatic hydroxyl groups is 1. The maximum atomic E-state index is 9.13. The summed E-state index contributed by atoms with van der Waals surface area (Å²) in [4.78, 5) is 0. The van der Waals surface area contributed by atoms with E-state index in [0.29, 0.717) is 12.5 Å². The second kappa shape index (κ2) is 7.34. The predicted molar refractivity (Wildman–Crippen MR) is 73.2 cm³/mol. The normalized spacial score (nSPS) is 19.6. The van der Waals surface area contributed by atoms with E-state index in [-0.39, 0.29) is 6.61 Å². The third-order valence-electron chi connectivity index (χ3n) is 3.54. The molecule has 0 amide bonds. The number of hydrogen-bond acceptors (Lipinski definition) is 2. The highest BCUT2D eigenvalue weighted by atomic mass is 16.5. The van der Waals surface area contributed by atoms with E-state index in [1.165, 1.54) is 17.6 Å². The van der Waals surface area contributed by atoms with Crippen LogP contribution >= 0.6 is 0 Å². The van der Waals surface area contributed by atoms with Gasteiger partial charge in [0, 0.05) is 6.61 Å². The minimum absolute atomic E-state index is 0.224. The monoisotopic (exact) mass is 246 g/mol. The molecule has 1 aliphatic carbocycles. The first-order valence-electron chi connectivity index (χ1n) is 6.79. The molecule has 1 aromatic rings. The Hall–Kier alpha value is -1.12. The van der Waals surface area contributed by atoms with Crippen molar-refractivity contribution < 1.29 is 9.84 Å². The van der Waals surface area contributed by atoms with Gasteiger partial charge in [0.25, 0.3) is 0 Å². The van der Waals surface area contributed by atoms with Gasteiger partial charge in [0.15, 0.2) is 0 Å². The Kier molecular flexibility index (Phi) is 5.43. The predicted octanol–water partition coefficient (Wildman–Crippen LogP) is 3.31. The largest absolute Gasteiger partial charge is 0.392 e. The van der Waals surface area contributed by atoms with Gasteiger partial charge >= 0.3 is 0 Å². The average molecular weight is 246 g/mol. The molecule has 0 saturated carbocycles. The number of allylic oxidation sites excluding steroid dienone is 1. The molecule has 0 heterocycles. The Morgan fingerprint density at radius 2 is 2.06 bits per heavy atom. The van der Waals surface area contributed by atoms with Gasteiger partial charge in [0.1, 0.15) is 0 Å². The molecule has 0 bridgehead atoms. The zero-order valence-electron chi connectivity index (χ0n) is 10.8. The molecule has 98 valence electrons. The summed E-state index contributed by atoms with van der Waals surface area (Å²) in [6.07, 6.45) is 6.67.